The van der Waals surface area contributed by atoms with E-state index in [1.165, 1.54) is 28.4 Å². The SMILES string of the molecule is Cc1cc(C)n2c1C=C1C=CC(CCC(=O)CC3C(=O)N4C(C(=O)O)=C(CSc5ccc(N=Nc6ccc(N(C)C)cc6)cc5)CSC34)=[N+]1[B-]2(F)F. The average molecular weight is 743 g/mol. The van der Waals surface area contributed by atoms with Gasteiger partial charge in [-0.1, -0.05) is 0 Å². The summed E-state index contributed by atoms with van der Waals surface area (Å²) in [6, 6.07) is 17.0. The number of ketones is 1. The fourth-order valence-electron chi connectivity index (χ4n) is 7.15. The summed E-state index contributed by atoms with van der Waals surface area (Å²) in [5.41, 5.74) is 5.59. The van der Waals surface area contributed by atoms with Gasteiger partial charge in [-0.25, -0.2) is 4.79 Å². The summed E-state index contributed by atoms with van der Waals surface area (Å²) in [5, 5.41) is 18.3. The number of Topliss-reactive ketones (excluding diaryl/α,β-unsaturated/α-hetero) is 1. The molecule has 4 aliphatic heterocycles. The van der Waals surface area contributed by atoms with Crippen LogP contribution in [0.2, 0.25) is 0 Å². The quantitative estimate of drug-likeness (QED) is 0.0882. The summed E-state index contributed by atoms with van der Waals surface area (Å²) in [5.74, 6) is -1.65. The highest BCUT2D eigenvalue weighted by Gasteiger charge is 2.54. The fourth-order valence-corrected chi connectivity index (χ4v) is 9.60. The van der Waals surface area contributed by atoms with E-state index in [1.807, 2.05) is 74.4 Å². The number of carbonyl (C=O) groups excluding carboxylic acids is 2. The molecule has 5 heterocycles. The largest absolute Gasteiger partial charge is 0.737 e. The molecular weight excluding hydrogens is 705 g/mol. The number of nitrogens with zero attached hydrogens (tertiary/aromatic N) is 6. The highest BCUT2D eigenvalue weighted by molar-refractivity contribution is 8.01. The van der Waals surface area contributed by atoms with Crippen LogP contribution in [0.5, 0.6) is 0 Å². The lowest BCUT2D eigenvalue weighted by molar-refractivity contribution is -0.362. The van der Waals surface area contributed by atoms with Crippen LogP contribution in [0.3, 0.4) is 0 Å². The Morgan fingerprint density at radius 2 is 1.73 bits per heavy atom. The zero-order valence-electron chi connectivity index (χ0n) is 29.1. The van der Waals surface area contributed by atoms with Crippen molar-refractivity contribution in [2.75, 3.05) is 30.5 Å². The highest BCUT2D eigenvalue weighted by atomic mass is 32.2. The zero-order chi connectivity index (χ0) is 36.9. The Bertz CT molecular complexity index is 2140. The number of rotatable bonds is 12. The Balaban J connectivity index is 0.951. The normalized spacial score (nSPS) is 20.2. The number of aryl methyl sites for hydroxylation is 2. The third-order valence-electron chi connectivity index (χ3n) is 9.77. The van der Waals surface area contributed by atoms with Gasteiger partial charge in [0.05, 0.1) is 22.7 Å². The first-order valence-corrected chi connectivity index (χ1v) is 19.0. The number of aromatic nitrogens is 1. The third-order valence-corrected chi connectivity index (χ3v) is 12.3. The Labute approximate surface area is 308 Å². The second-order valence-electron chi connectivity index (χ2n) is 13.5. The number of aliphatic carboxylic acids is 1. The molecule has 268 valence electrons. The van der Waals surface area contributed by atoms with Crippen molar-refractivity contribution in [1.29, 1.82) is 0 Å². The van der Waals surface area contributed by atoms with Gasteiger partial charge in [-0.15, -0.1) is 23.5 Å². The summed E-state index contributed by atoms with van der Waals surface area (Å²) in [6.07, 6.45) is 5.08. The smallest absolute Gasteiger partial charge is 0.477 e. The maximum atomic E-state index is 15.8. The number of carbonyl (C=O) groups is 3. The minimum absolute atomic E-state index is 0.000869. The second-order valence-corrected chi connectivity index (χ2v) is 15.6. The molecule has 0 radical (unpaired) electrons. The summed E-state index contributed by atoms with van der Waals surface area (Å²) in [4.78, 5) is 43.1. The Kier molecular flexibility index (Phi) is 9.59. The van der Waals surface area contributed by atoms with Gasteiger partial charge in [-0.3, -0.25) is 14.5 Å². The number of amides is 1. The van der Waals surface area contributed by atoms with Gasteiger partial charge in [0, 0.05) is 79.4 Å². The minimum Gasteiger partial charge on any atom is -0.477 e. The standard InChI is InChI=1S/C37H37BF2N6O4S2/c1-22-17-23(2)45-33(22)18-29-12-11-28(46(29)38(45,39)40)13-14-30(47)19-32-35(48)44-34(37(49)50)24(21-52-36(32)44)20-51-31-15-7-26(8-16-31)42-41-25-5-9-27(10-6-25)43(3)4/h5-12,15-18,32,36H,13-14,19-21H2,1-4H3,(H,49,50). The van der Waals surface area contributed by atoms with Gasteiger partial charge in [0.2, 0.25) is 5.91 Å². The van der Waals surface area contributed by atoms with Crippen LogP contribution in [0.15, 0.2) is 98.8 Å². The molecule has 15 heteroatoms. The second kappa shape index (κ2) is 14.0. The lowest BCUT2D eigenvalue weighted by Crippen LogP contribution is -2.61. The number of allylic oxidation sites excluding steroid dienone is 2. The van der Waals surface area contributed by atoms with Gasteiger partial charge in [0.1, 0.15) is 17.2 Å². The summed E-state index contributed by atoms with van der Waals surface area (Å²) in [6.45, 7) is -0.655. The number of halogens is 2. The van der Waals surface area contributed by atoms with E-state index in [1.54, 1.807) is 31.2 Å². The number of hydrogen-bond donors (Lipinski definition) is 1. The van der Waals surface area contributed by atoms with Crippen molar-refractivity contribution in [2.24, 2.45) is 16.1 Å². The number of hydrogen-bond acceptors (Lipinski definition) is 8. The molecule has 2 aromatic carbocycles. The molecule has 1 fully saturated rings. The van der Waals surface area contributed by atoms with Crippen molar-refractivity contribution >= 4 is 77.0 Å². The van der Waals surface area contributed by atoms with Crippen LogP contribution < -0.4 is 4.90 Å². The van der Waals surface area contributed by atoms with Gasteiger partial charge in [-0.2, -0.15) is 10.2 Å². The Morgan fingerprint density at radius 3 is 2.38 bits per heavy atom. The Morgan fingerprint density at radius 1 is 1.06 bits per heavy atom. The van der Waals surface area contributed by atoms with Gasteiger partial charge >= 0.3 is 12.9 Å². The van der Waals surface area contributed by atoms with E-state index < -0.39 is 30.1 Å². The molecule has 4 aliphatic rings. The number of β-lactam (4-membered cyclic amide) rings is 1. The summed E-state index contributed by atoms with van der Waals surface area (Å²) >= 11 is 2.92. The van der Waals surface area contributed by atoms with Crippen molar-refractivity contribution in [1.82, 2.24) is 9.38 Å². The number of benzene rings is 2. The molecule has 3 aromatic rings. The monoisotopic (exact) mass is 742 g/mol. The number of fused-ring (bicyclic) bond motifs is 3. The first-order chi connectivity index (χ1) is 24.8. The molecule has 52 heavy (non-hydrogen) atoms. The number of carboxylic acid groups (broad SMARTS) is 1. The van der Waals surface area contributed by atoms with Gasteiger partial charge in [0.15, 0.2) is 5.70 Å². The maximum Gasteiger partial charge on any atom is 0.737 e. The summed E-state index contributed by atoms with van der Waals surface area (Å²) in [7, 11) is 3.94. The van der Waals surface area contributed by atoms with E-state index in [9.17, 15) is 19.5 Å². The molecule has 0 saturated carbocycles. The molecule has 1 N–H and O–H groups in total. The molecule has 10 nitrogen and oxygen atoms in total. The number of carboxylic acids is 1. The van der Waals surface area contributed by atoms with E-state index in [2.05, 4.69) is 10.2 Å². The zero-order valence-corrected chi connectivity index (χ0v) is 30.8. The van der Waals surface area contributed by atoms with Gasteiger partial charge < -0.3 is 27.6 Å². The molecule has 1 saturated heterocycles. The van der Waals surface area contributed by atoms with Crippen LogP contribution in [0.25, 0.3) is 6.08 Å². The van der Waals surface area contributed by atoms with E-state index in [0.29, 0.717) is 45.6 Å². The lowest BCUT2D eigenvalue weighted by atomic mass is 9.88. The first-order valence-electron chi connectivity index (χ1n) is 16.9. The topological polar surface area (TPSA) is 111 Å². The van der Waals surface area contributed by atoms with Gasteiger partial charge in [-0.05, 0) is 85.3 Å². The first kappa shape index (κ1) is 35.6. The molecule has 0 aliphatic carbocycles. The molecule has 2 atom stereocenters. The fraction of sp³-hybridized carbons (Fsp3) is 0.297. The van der Waals surface area contributed by atoms with Crippen LogP contribution in [0.4, 0.5) is 25.7 Å². The minimum atomic E-state index is -4.13. The van der Waals surface area contributed by atoms with E-state index in [0.717, 1.165) is 30.8 Å². The highest BCUT2D eigenvalue weighted by Crippen LogP contribution is 2.46. The predicted molar refractivity (Wildman–Crippen MR) is 202 cm³/mol. The van der Waals surface area contributed by atoms with Crippen LogP contribution >= 0.6 is 23.5 Å². The van der Waals surface area contributed by atoms with Crippen LogP contribution in [0.1, 0.15) is 36.2 Å². The molecule has 2 unspecified atom stereocenters. The van der Waals surface area contributed by atoms with Crippen LogP contribution in [-0.2, 0) is 14.4 Å². The Hall–Kier alpha value is -4.76. The molecule has 7 rings (SSSR count). The molecule has 1 aromatic heterocycles. The maximum absolute atomic E-state index is 15.8. The van der Waals surface area contributed by atoms with Crippen molar-refractivity contribution < 1.29 is 32.6 Å². The molecule has 0 spiro atoms. The van der Waals surface area contributed by atoms with Crippen molar-refractivity contribution in [3.8, 4) is 0 Å². The van der Waals surface area contributed by atoms with Crippen LogP contribution in [0, 0.1) is 19.8 Å². The number of anilines is 1. The van der Waals surface area contributed by atoms with Crippen molar-refractivity contribution in [3.05, 3.63) is 101 Å². The van der Waals surface area contributed by atoms with E-state index >= 15 is 8.63 Å². The summed E-state index contributed by atoms with van der Waals surface area (Å²) < 4.78 is 33.7. The predicted octanol–water partition coefficient (Wildman–Crippen LogP) is 7.59. The van der Waals surface area contributed by atoms with E-state index in [4.69, 9.17) is 0 Å². The number of thioether (sulfide) groups is 2. The third kappa shape index (κ3) is 6.55. The average Bonchev–Trinajstić information content (AvgIpc) is 3.67. The van der Waals surface area contributed by atoms with E-state index in [-0.39, 0.29) is 30.7 Å². The molecule has 1 amide bonds. The molecule has 0 bridgehead atoms. The van der Waals surface area contributed by atoms with Gasteiger partial charge in [0.25, 0.3) is 0 Å². The van der Waals surface area contributed by atoms with Crippen molar-refractivity contribution in [2.45, 2.75) is 43.4 Å². The van der Waals surface area contributed by atoms with Crippen molar-refractivity contribution in [3.63, 3.8) is 0 Å². The number of azo groups is 1. The lowest BCUT2D eigenvalue weighted by Gasteiger charge is -2.49. The molecular formula is C37H37BF2N6O4S2. The van der Waals surface area contributed by atoms with Crippen LogP contribution in [-0.4, -0.2) is 80.3 Å².